The van der Waals surface area contributed by atoms with Crippen LogP contribution in [0.25, 0.3) is 0 Å². The highest BCUT2D eigenvalue weighted by molar-refractivity contribution is 5.98. The minimum atomic E-state index is -0.974. The number of nitriles is 1. The summed E-state index contributed by atoms with van der Waals surface area (Å²) >= 11 is 0. The second-order valence-electron chi connectivity index (χ2n) is 3.91. The maximum absolute atomic E-state index is 11.7. The molecule has 0 saturated carbocycles. The predicted octanol–water partition coefficient (Wildman–Crippen LogP) is 1.24. The van der Waals surface area contributed by atoms with Crippen LogP contribution in [0.4, 0.5) is 0 Å². The Kier molecular flexibility index (Phi) is 8.18. The minimum absolute atomic E-state index is 0.0307. The molecule has 0 aromatic carbocycles. The number of ether oxygens (including phenoxy) is 2. The van der Waals surface area contributed by atoms with Gasteiger partial charge in [-0.3, -0.25) is 14.4 Å². The lowest BCUT2D eigenvalue weighted by atomic mass is 9.97. The zero-order valence-corrected chi connectivity index (χ0v) is 11.5. The number of esters is 2. The summed E-state index contributed by atoms with van der Waals surface area (Å²) in [5.74, 6) is -3.42. The minimum Gasteiger partial charge on any atom is -0.465 e. The van der Waals surface area contributed by atoms with Gasteiger partial charge in [0.05, 0.1) is 19.3 Å². The van der Waals surface area contributed by atoms with Gasteiger partial charge in [0.15, 0.2) is 0 Å². The number of carbonyl (C=O) groups is 3. The highest BCUT2D eigenvalue weighted by Crippen LogP contribution is 2.12. The second kappa shape index (κ2) is 9.09. The van der Waals surface area contributed by atoms with Crippen molar-refractivity contribution in [2.45, 2.75) is 33.6 Å². The van der Waals surface area contributed by atoms with Gasteiger partial charge >= 0.3 is 11.9 Å². The molecule has 6 heteroatoms. The van der Waals surface area contributed by atoms with Crippen molar-refractivity contribution in [1.29, 1.82) is 5.26 Å². The normalized spacial score (nSPS) is 12.9. The maximum Gasteiger partial charge on any atom is 0.323 e. The van der Waals surface area contributed by atoms with E-state index in [1.54, 1.807) is 19.9 Å². The van der Waals surface area contributed by atoms with Gasteiger partial charge in [0.2, 0.25) is 0 Å². The van der Waals surface area contributed by atoms with Crippen molar-refractivity contribution in [2.75, 3.05) is 13.2 Å². The molecule has 6 nitrogen and oxygen atoms in total. The first-order chi connectivity index (χ1) is 8.97. The van der Waals surface area contributed by atoms with Crippen LogP contribution < -0.4 is 0 Å². The molecule has 0 rings (SSSR count). The van der Waals surface area contributed by atoms with Gasteiger partial charge in [-0.1, -0.05) is 0 Å². The molecule has 0 radical (unpaired) electrons. The van der Waals surface area contributed by atoms with Gasteiger partial charge < -0.3 is 9.47 Å². The van der Waals surface area contributed by atoms with E-state index in [-0.39, 0.29) is 31.8 Å². The zero-order chi connectivity index (χ0) is 14.8. The van der Waals surface area contributed by atoms with Crippen LogP contribution in [0.2, 0.25) is 0 Å². The topological polar surface area (TPSA) is 93.5 Å². The second-order valence-corrected chi connectivity index (χ2v) is 3.91. The summed E-state index contributed by atoms with van der Waals surface area (Å²) in [4.78, 5) is 34.4. The molecule has 0 N–H and O–H groups in total. The summed E-state index contributed by atoms with van der Waals surface area (Å²) in [6.45, 7) is 5.14. The molecule has 0 spiro atoms. The molecule has 2 unspecified atom stereocenters. The summed E-state index contributed by atoms with van der Waals surface area (Å²) < 4.78 is 9.44. The molecule has 0 bridgehead atoms. The third-order valence-corrected chi connectivity index (χ3v) is 2.53. The molecule has 0 heterocycles. The maximum atomic E-state index is 11.7. The van der Waals surface area contributed by atoms with Gasteiger partial charge in [-0.05, 0) is 27.2 Å². The fraction of sp³-hybridized carbons (Fsp3) is 0.692. The molecule has 0 amide bonds. The third-order valence-electron chi connectivity index (χ3n) is 2.53. The lowest BCUT2D eigenvalue weighted by molar-refractivity contribution is -0.150. The summed E-state index contributed by atoms with van der Waals surface area (Å²) in [7, 11) is 0. The molecule has 0 aliphatic rings. The van der Waals surface area contributed by atoms with E-state index in [4.69, 9.17) is 14.7 Å². The Labute approximate surface area is 112 Å². The van der Waals surface area contributed by atoms with Gasteiger partial charge in [0.1, 0.15) is 17.6 Å². The van der Waals surface area contributed by atoms with Gasteiger partial charge in [0, 0.05) is 6.42 Å². The van der Waals surface area contributed by atoms with Crippen LogP contribution in [0.15, 0.2) is 0 Å². The van der Waals surface area contributed by atoms with Gasteiger partial charge in [0.25, 0.3) is 0 Å². The van der Waals surface area contributed by atoms with Crippen LogP contribution in [0.3, 0.4) is 0 Å². The van der Waals surface area contributed by atoms with E-state index >= 15 is 0 Å². The fourth-order valence-electron chi connectivity index (χ4n) is 1.38. The van der Waals surface area contributed by atoms with E-state index in [0.29, 0.717) is 0 Å². The Balaban J connectivity index is 4.31. The van der Waals surface area contributed by atoms with Crippen molar-refractivity contribution >= 4 is 17.7 Å². The lowest BCUT2D eigenvalue weighted by Gasteiger charge is -2.11. The van der Waals surface area contributed by atoms with Crippen LogP contribution in [-0.2, 0) is 23.9 Å². The van der Waals surface area contributed by atoms with Gasteiger partial charge in [-0.15, -0.1) is 0 Å². The first-order valence-corrected chi connectivity index (χ1v) is 6.23. The molecular formula is C13H19NO5. The summed E-state index contributed by atoms with van der Waals surface area (Å²) in [5, 5.41) is 8.81. The summed E-state index contributed by atoms with van der Waals surface area (Å²) in [6.07, 6.45) is 0.0228. The Morgan fingerprint density at radius 2 is 1.63 bits per heavy atom. The smallest absolute Gasteiger partial charge is 0.323 e. The van der Waals surface area contributed by atoms with Crippen LogP contribution in [0.1, 0.15) is 33.6 Å². The Morgan fingerprint density at radius 1 is 1.11 bits per heavy atom. The first-order valence-electron chi connectivity index (χ1n) is 6.23. The molecular weight excluding hydrogens is 250 g/mol. The summed E-state index contributed by atoms with van der Waals surface area (Å²) in [5.41, 5.74) is 0. The van der Waals surface area contributed by atoms with Gasteiger partial charge in [-0.2, -0.15) is 5.26 Å². The van der Waals surface area contributed by atoms with Crippen molar-refractivity contribution in [3.8, 4) is 6.07 Å². The van der Waals surface area contributed by atoms with Crippen molar-refractivity contribution < 1.29 is 23.9 Å². The SMILES string of the molecule is CCOC(=O)C(C#N)CCC(=O)C(C)C(=O)OCC. The molecule has 0 aromatic heterocycles. The Bertz CT molecular complexity index is 372. The number of ketones is 1. The standard InChI is InChI=1S/C13H19NO5/c1-4-18-12(16)9(3)11(15)7-6-10(8-14)13(17)19-5-2/h9-10H,4-7H2,1-3H3. The zero-order valence-electron chi connectivity index (χ0n) is 11.5. The molecule has 2 atom stereocenters. The first kappa shape index (κ1) is 17.1. The van der Waals surface area contributed by atoms with Crippen molar-refractivity contribution in [3.63, 3.8) is 0 Å². The van der Waals surface area contributed by atoms with Crippen LogP contribution >= 0.6 is 0 Å². The highest BCUT2D eigenvalue weighted by Gasteiger charge is 2.25. The van der Waals surface area contributed by atoms with E-state index in [0.717, 1.165) is 0 Å². The van der Waals surface area contributed by atoms with E-state index in [9.17, 15) is 14.4 Å². The van der Waals surface area contributed by atoms with Crippen molar-refractivity contribution in [3.05, 3.63) is 0 Å². The largest absolute Gasteiger partial charge is 0.465 e. The average molecular weight is 269 g/mol. The number of hydrogen-bond acceptors (Lipinski definition) is 6. The van der Waals surface area contributed by atoms with Crippen LogP contribution in [-0.4, -0.2) is 30.9 Å². The van der Waals surface area contributed by atoms with Gasteiger partial charge in [-0.25, -0.2) is 0 Å². The highest BCUT2D eigenvalue weighted by atomic mass is 16.5. The predicted molar refractivity (Wildman–Crippen MR) is 65.8 cm³/mol. The third kappa shape index (κ3) is 6.00. The number of rotatable bonds is 8. The van der Waals surface area contributed by atoms with E-state index in [1.807, 2.05) is 0 Å². The van der Waals surface area contributed by atoms with E-state index in [2.05, 4.69) is 0 Å². The number of hydrogen-bond donors (Lipinski definition) is 0. The molecule has 0 aliphatic heterocycles. The van der Waals surface area contributed by atoms with E-state index < -0.39 is 23.8 Å². The quantitative estimate of drug-likeness (QED) is 0.486. The Hall–Kier alpha value is -1.90. The molecule has 19 heavy (non-hydrogen) atoms. The Morgan fingerprint density at radius 3 is 2.11 bits per heavy atom. The molecule has 0 saturated heterocycles. The fourth-order valence-corrected chi connectivity index (χ4v) is 1.38. The lowest BCUT2D eigenvalue weighted by Crippen LogP contribution is -2.25. The average Bonchev–Trinajstić information content (AvgIpc) is 2.38. The monoisotopic (exact) mass is 269 g/mol. The molecule has 0 fully saturated rings. The molecule has 106 valence electrons. The van der Waals surface area contributed by atoms with Crippen molar-refractivity contribution in [1.82, 2.24) is 0 Å². The van der Waals surface area contributed by atoms with Crippen LogP contribution in [0, 0.1) is 23.2 Å². The number of Topliss-reactive ketones (excluding diaryl/α,β-unsaturated/α-hetero) is 1. The molecule has 0 aliphatic carbocycles. The van der Waals surface area contributed by atoms with Crippen molar-refractivity contribution in [2.24, 2.45) is 11.8 Å². The summed E-state index contributed by atoms with van der Waals surface area (Å²) in [6, 6.07) is 1.79. The van der Waals surface area contributed by atoms with Crippen LogP contribution in [0.5, 0.6) is 0 Å². The number of carbonyl (C=O) groups excluding carboxylic acids is 3. The van der Waals surface area contributed by atoms with E-state index in [1.165, 1.54) is 6.92 Å². The number of nitrogens with zero attached hydrogens (tertiary/aromatic N) is 1. The molecule has 0 aromatic rings.